The first kappa shape index (κ1) is 19.6. The van der Waals surface area contributed by atoms with Crippen molar-refractivity contribution in [2.24, 2.45) is 0 Å². The molecule has 0 saturated heterocycles. The molecule has 0 aliphatic carbocycles. The molecule has 2 aliphatic rings. The first-order valence-electron chi connectivity index (χ1n) is 9.43. The topological polar surface area (TPSA) is 38.8 Å². The van der Waals surface area contributed by atoms with Crippen molar-refractivity contribution in [2.45, 2.75) is 20.0 Å². The fourth-order valence-corrected chi connectivity index (χ4v) is 4.74. The fourth-order valence-electron chi connectivity index (χ4n) is 3.78. The molecule has 0 N–H and O–H groups in total. The van der Waals surface area contributed by atoms with Gasteiger partial charge in [0.1, 0.15) is 18.2 Å². The lowest BCUT2D eigenvalue weighted by atomic mass is 9.98. The Hall–Kier alpha value is -2.31. The van der Waals surface area contributed by atoms with Crippen molar-refractivity contribution in [1.29, 1.82) is 0 Å². The van der Waals surface area contributed by atoms with Gasteiger partial charge >= 0.3 is 0 Å². The quantitative estimate of drug-likeness (QED) is 0.430. The molecule has 152 valence electrons. The molecule has 0 radical (unpaired) electrons. The van der Waals surface area contributed by atoms with Crippen LogP contribution in [0.4, 0.5) is 0 Å². The van der Waals surface area contributed by atoms with Crippen LogP contribution in [0.2, 0.25) is 10.0 Å². The van der Waals surface area contributed by atoms with E-state index in [4.69, 9.17) is 32.7 Å². The van der Waals surface area contributed by atoms with Gasteiger partial charge in [0, 0.05) is 24.0 Å². The highest BCUT2D eigenvalue weighted by atomic mass is 35.5. The van der Waals surface area contributed by atoms with E-state index >= 15 is 0 Å². The first-order valence-corrected chi connectivity index (χ1v) is 11.1. The van der Waals surface area contributed by atoms with Crippen molar-refractivity contribution < 1.29 is 14.3 Å². The van der Waals surface area contributed by atoms with Crippen LogP contribution in [0.15, 0.2) is 47.5 Å². The molecular formula is C23H17Cl2NO3S. The normalized spacial score (nSPS) is 16.9. The highest BCUT2D eigenvalue weighted by molar-refractivity contribution is 7.10. The van der Waals surface area contributed by atoms with E-state index in [1.807, 2.05) is 42.6 Å². The van der Waals surface area contributed by atoms with Crippen LogP contribution in [0.5, 0.6) is 11.5 Å². The number of ketones is 1. The zero-order chi connectivity index (χ0) is 20.8. The van der Waals surface area contributed by atoms with Crippen LogP contribution in [0.3, 0.4) is 0 Å². The predicted molar refractivity (Wildman–Crippen MR) is 120 cm³/mol. The number of benzene rings is 2. The molecule has 30 heavy (non-hydrogen) atoms. The highest BCUT2D eigenvalue weighted by Gasteiger charge is 2.35. The number of carbonyl (C=O) groups is 1. The number of carbonyl (C=O) groups excluding carboxylic acids is 1. The average molecular weight is 458 g/mol. The number of nitrogens with zero attached hydrogens (tertiary/aromatic N) is 1. The third-order valence-corrected chi connectivity index (χ3v) is 6.75. The van der Waals surface area contributed by atoms with Crippen LogP contribution >= 0.6 is 34.5 Å². The Labute approximate surface area is 188 Å². The number of hydrogen-bond donors (Lipinski definition) is 0. The third-order valence-electron chi connectivity index (χ3n) is 5.19. The Morgan fingerprint density at radius 1 is 1.20 bits per heavy atom. The summed E-state index contributed by atoms with van der Waals surface area (Å²) < 4.78 is 12.1. The van der Waals surface area contributed by atoms with E-state index in [9.17, 15) is 4.79 Å². The maximum atomic E-state index is 13.0. The minimum absolute atomic E-state index is 0.0830. The largest absolute Gasteiger partial charge is 0.478 e. The molecule has 2 aliphatic heterocycles. The molecule has 3 heterocycles. The van der Waals surface area contributed by atoms with Gasteiger partial charge in [0.15, 0.2) is 5.76 Å². The van der Waals surface area contributed by atoms with Gasteiger partial charge in [0.2, 0.25) is 5.78 Å². The lowest BCUT2D eigenvalue weighted by Gasteiger charge is -2.30. The van der Waals surface area contributed by atoms with E-state index in [1.54, 1.807) is 23.5 Å². The van der Waals surface area contributed by atoms with E-state index in [2.05, 4.69) is 4.90 Å². The summed E-state index contributed by atoms with van der Waals surface area (Å²) in [6.45, 7) is 3.61. The van der Waals surface area contributed by atoms with E-state index in [0.29, 0.717) is 46.9 Å². The molecule has 4 nitrogen and oxygen atoms in total. The lowest BCUT2D eigenvalue weighted by molar-refractivity contribution is 0.0872. The van der Waals surface area contributed by atoms with E-state index in [0.717, 1.165) is 27.3 Å². The Morgan fingerprint density at radius 3 is 2.83 bits per heavy atom. The Balaban J connectivity index is 1.46. The average Bonchev–Trinajstić information content (AvgIpc) is 3.34. The van der Waals surface area contributed by atoms with Gasteiger partial charge in [-0.05, 0) is 47.7 Å². The number of rotatable bonds is 3. The SMILES string of the molecule is Cc1cc2c(c3c1C(=O)/C(=C/c1cccs1)O3)CN(Cc1ccc(Cl)c(Cl)c1)CO2. The zero-order valence-electron chi connectivity index (χ0n) is 16.1. The smallest absolute Gasteiger partial charge is 0.232 e. The second kappa shape index (κ2) is 7.75. The summed E-state index contributed by atoms with van der Waals surface area (Å²) in [4.78, 5) is 16.1. The third kappa shape index (κ3) is 3.52. The van der Waals surface area contributed by atoms with Gasteiger partial charge in [-0.2, -0.15) is 0 Å². The zero-order valence-corrected chi connectivity index (χ0v) is 18.4. The summed E-state index contributed by atoms with van der Waals surface area (Å²) in [7, 11) is 0. The molecule has 0 unspecified atom stereocenters. The van der Waals surface area contributed by atoms with Crippen molar-refractivity contribution in [3.05, 3.63) is 84.7 Å². The van der Waals surface area contributed by atoms with E-state index in [1.165, 1.54) is 0 Å². The van der Waals surface area contributed by atoms with Crippen LogP contribution in [-0.2, 0) is 13.1 Å². The molecule has 0 bridgehead atoms. The number of fused-ring (bicyclic) bond motifs is 3. The van der Waals surface area contributed by atoms with Gasteiger partial charge < -0.3 is 9.47 Å². The van der Waals surface area contributed by atoms with Gasteiger partial charge in [0.05, 0.1) is 21.2 Å². The van der Waals surface area contributed by atoms with Gasteiger partial charge in [-0.25, -0.2) is 0 Å². The highest BCUT2D eigenvalue weighted by Crippen LogP contribution is 2.44. The second-order valence-electron chi connectivity index (χ2n) is 7.34. The number of Topliss-reactive ketones (excluding diaryl/α,β-unsaturated/α-hetero) is 1. The second-order valence-corrected chi connectivity index (χ2v) is 9.13. The van der Waals surface area contributed by atoms with Crippen molar-refractivity contribution >= 4 is 46.4 Å². The van der Waals surface area contributed by atoms with Crippen molar-refractivity contribution in [2.75, 3.05) is 6.73 Å². The Bertz CT molecular complexity index is 1190. The van der Waals surface area contributed by atoms with Crippen molar-refractivity contribution in [3.8, 4) is 11.5 Å². The van der Waals surface area contributed by atoms with E-state index < -0.39 is 0 Å². The monoisotopic (exact) mass is 457 g/mol. The minimum atomic E-state index is -0.0830. The number of hydrogen-bond acceptors (Lipinski definition) is 5. The predicted octanol–water partition coefficient (Wildman–Crippen LogP) is 6.33. The molecule has 3 aromatic rings. The molecule has 1 aromatic heterocycles. The first-order chi connectivity index (χ1) is 14.5. The molecule has 5 rings (SSSR count). The van der Waals surface area contributed by atoms with Gasteiger partial charge in [-0.15, -0.1) is 11.3 Å². The summed E-state index contributed by atoms with van der Waals surface area (Å²) in [5, 5.41) is 3.04. The Morgan fingerprint density at radius 2 is 2.07 bits per heavy atom. The van der Waals surface area contributed by atoms with Crippen LogP contribution in [0, 0.1) is 6.92 Å². The van der Waals surface area contributed by atoms with Gasteiger partial charge in [-0.1, -0.05) is 35.3 Å². The molecule has 0 atom stereocenters. The summed E-state index contributed by atoms with van der Waals surface area (Å²) in [6.07, 6.45) is 1.80. The van der Waals surface area contributed by atoms with Crippen LogP contribution in [0.1, 0.15) is 31.9 Å². The number of ether oxygens (including phenoxy) is 2. The van der Waals surface area contributed by atoms with Crippen molar-refractivity contribution in [1.82, 2.24) is 4.90 Å². The fraction of sp³-hybridized carbons (Fsp3) is 0.174. The minimum Gasteiger partial charge on any atom is -0.478 e. The van der Waals surface area contributed by atoms with Crippen LogP contribution in [-0.4, -0.2) is 17.4 Å². The number of halogens is 2. The van der Waals surface area contributed by atoms with Crippen LogP contribution in [0.25, 0.3) is 6.08 Å². The standard InChI is InChI=1S/C23H17Cl2NO3S/c1-13-7-19-16(11-26(12-28-19)10-14-4-5-17(24)18(25)8-14)23-21(13)22(27)20(29-23)9-15-3-2-6-30-15/h2-9H,10-12H2,1H3/b20-9-. The van der Waals surface area contributed by atoms with Crippen LogP contribution < -0.4 is 9.47 Å². The summed E-state index contributed by atoms with van der Waals surface area (Å²) in [5.74, 6) is 1.64. The summed E-state index contributed by atoms with van der Waals surface area (Å²) in [5.41, 5.74) is 3.41. The molecular weight excluding hydrogens is 441 g/mol. The molecule has 0 amide bonds. The van der Waals surface area contributed by atoms with Crippen molar-refractivity contribution in [3.63, 3.8) is 0 Å². The number of aryl methyl sites for hydroxylation is 1. The summed E-state index contributed by atoms with van der Waals surface area (Å²) >= 11 is 13.7. The maximum absolute atomic E-state index is 13.0. The molecule has 2 aromatic carbocycles. The lowest BCUT2D eigenvalue weighted by Crippen LogP contribution is -2.31. The number of thiophene rings is 1. The molecule has 7 heteroatoms. The molecule has 0 saturated carbocycles. The Kier molecular flexibility index (Phi) is 5.07. The van der Waals surface area contributed by atoms with E-state index in [-0.39, 0.29) is 5.78 Å². The van der Waals surface area contributed by atoms with Gasteiger partial charge in [-0.3, -0.25) is 9.69 Å². The number of allylic oxidation sites excluding steroid dienone is 1. The van der Waals surface area contributed by atoms with Gasteiger partial charge in [0.25, 0.3) is 0 Å². The molecule has 0 spiro atoms. The summed E-state index contributed by atoms with van der Waals surface area (Å²) in [6, 6.07) is 11.4. The molecule has 0 fully saturated rings. The maximum Gasteiger partial charge on any atom is 0.232 e.